The second-order valence-electron chi connectivity index (χ2n) is 8.07. The molecule has 0 aliphatic heterocycles. The minimum Gasteiger partial charge on any atom is -0.367 e. The molecule has 0 radical (unpaired) electrons. The highest BCUT2D eigenvalue weighted by atomic mass is 35.5. The smallest absolute Gasteiger partial charge is 0.264 e. The lowest BCUT2D eigenvalue weighted by atomic mass is 10.1. The fraction of sp³-hybridized carbons (Fsp3) is 0.333. The first kappa shape index (κ1) is 30.9. The van der Waals surface area contributed by atoms with E-state index >= 15 is 0 Å². The van der Waals surface area contributed by atoms with Crippen molar-refractivity contribution in [2.45, 2.75) is 13.8 Å². The number of halogens is 1. The highest BCUT2D eigenvalue weighted by Gasteiger charge is 2.11. The number of benzene rings is 2. The van der Waals surface area contributed by atoms with E-state index in [1.54, 1.807) is 22.5 Å². The fourth-order valence-electron chi connectivity index (χ4n) is 3.39. The van der Waals surface area contributed by atoms with Crippen LogP contribution in [0.3, 0.4) is 0 Å². The molecule has 0 saturated heterocycles. The van der Waals surface area contributed by atoms with E-state index in [9.17, 15) is 16.8 Å². The average Bonchev–Trinajstić information content (AvgIpc) is 3.13. The molecule has 202 valence electrons. The molecule has 0 aliphatic rings. The summed E-state index contributed by atoms with van der Waals surface area (Å²) in [5, 5.41) is 1.04. The molecule has 0 aliphatic carbocycles. The highest BCUT2D eigenvalue weighted by molar-refractivity contribution is 7.86. The predicted octanol–water partition coefficient (Wildman–Crippen LogP) is 4.36. The molecule has 3 aromatic rings. The molecule has 0 N–H and O–H groups in total. The van der Waals surface area contributed by atoms with E-state index in [0.29, 0.717) is 0 Å². The number of hydrogen-bond donors (Lipinski definition) is 0. The van der Waals surface area contributed by atoms with E-state index in [4.69, 9.17) is 8.37 Å². The molecule has 37 heavy (non-hydrogen) atoms. The van der Waals surface area contributed by atoms with Crippen LogP contribution < -0.4 is 4.90 Å². The van der Waals surface area contributed by atoms with Gasteiger partial charge in [0, 0.05) is 35.4 Å². The van der Waals surface area contributed by atoms with Crippen molar-refractivity contribution in [1.29, 1.82) is 0 Å². The van der Waals surface area contributed by atoms with E-state index in [1.807, 2.05) is 55.5 Å². The third-order valence-corrected chi connectivity index (χ3v) is 7.06. The first-order chi connectivity index (χ1) is 16.9. The Morgan fingerprint density at radius 1 is 0.892 bits per heavy atom. The van der Waals surface area contributed by atoms with E-state index in [-0.39, 0.29) is 38.7 Å². The molecule has 1 aromatic heterocycles. The topological polar surface area (TPSA) is 115 Å². The van der Waals surface area contributed by atoms with Gasteiger partial charge < -0.3 is 4.90 Å². The maximum Gasteiger partial charge on any atom is 0.264 e. The molecule has 0 atom stereocenters. The van der Waals surface area contributed by atoms with Gasteiger partial charge in [0.1, 0.15) is 0 Å². The second kappa shape index (κ2) is 13.4. The highest BCUT2D eigenvalue weighted by Crippen LogP contribution is 2.28. The maximum absolute atomic E-state index is 11.3. The SMILES string of the molecule is Cc1nc(-c2ccc(N=Cc3ccc(N(CCOS(C)(=O)=O)CCOS(C)(=O)=O)cc3)cc2)c(C)s1.Cl. The lowest BCUT2D eigenvalue weighted by Crippen LogP contribution is -2.32. The third kappa shape index (κ3) is 10.5. The summed E-state index contributed by atoms with van der Waals surface area (Å²) in [5.41, 5.74) is 4.50. The zero-order chi connectivity index (χ0) is 26.3. The molecule has 0 amide bonds. The van der Waals surface area contributed by atoms with Crippen LogP contribution in [0.2, 0.25) is 0 Å². The molecular formula is C24H30ClN3O6S3. The van der Waals surface area contributed by atoms with Crippen LogP contribution in [0.25, 0.3) is 11.3 Å². The van der Waals surface area contributed by atoms with E-state index < -0.39 is 20.2 Å². The summed E-state index contributed by atoms with van der Waals surface area (Å²) in [5.74, 6) is 0. The van der Waals surface area contributed by atoms with Crippen LogP contribution in [-0.2, 0) is 28.6 Å². The standard InChI is InChI=1S/C24H29N3O6S3.ClH/c1-18-24(26-19(2)34-18)21-7-9-22(10-8-21)25-17-20-5-11-23(12-6-20)27(13-15-32-35(3,28)29)14-16-33-36(4,30)31;/h5-12,17H,13-16H2,1-4H3;1H. The normalized spacial score (nSPS) is 12.0. The minimum absolute atomic E-state index is 0. The first-order valence-electron chi connectivity index (χ1n) is 11.0. The number of hydrogen-bond acceptors (Lipinski definition) is 10. The molecule has 0 bridgehead atoms. The molecule has 13 heteroatoms. The number of aryl methyl sites for hydroxylation is 2. The van der Waals surface area contributed by atoms with Gasteiger partial charge in [0.05, 0.1) is 42.1 Å². The Balaban J connectivity index is 0.00000481. The second-order valence-corrected chi connectivity index (χ2v) is 12.8. The predicted molar refractivity (Wildman–Crippen MR) is 152 cm³/mol. The largest absolute Gasteiger partial charge is 0.367 e. The molecule has 0 unspecified atom stereocenters. The van der Waals surface area contributed by atoms with Crippen molar-refractivity contribution < 1.29 is 25.2 Å². The van der Waals surface area contributed by atoms with Gasteiger partial charge in [-0.15, -0.1) is 23.7 Å². The Bertz CT molecular complexity index is 1370. The Hall–Kier alpha value is -2.35. The molecule has 1 heterocycles. The molecule has 0 fully saturated rings. The van der Waals surface area contributed by atoms with Gasteiger partial charge in [-0.25, -0.2) is 4.98 Å². The van der Waals surface area contributed by atoms with Gasteiger partial charge in [0.2, 0.25) is 0 Å². The Morgan fingerprint density at radius 2 is 1.43 bits per heavy atom. The summed E-state index contributed by atoms with van der Waals surface area (Å²) in [6.07, 6.45) is 3.71. The van der Waals surface area contributed by atoms with Gasteiger partial charge in [-0.05, 0) is 43.7 Å². The zero-order valence-electron chi connectivity index (χ0n) is 20.9. The molecule has 2 aromatic carbocycles. The number of nitrogens with zero attached hydrogens (tertiary/aromatic N) is 3. The number of aromatic nitrogens is 1. The monoisotopic (exact) mass is 587 g/mol. The average molecular weight is 588 g/mol. The molecule has 9 nitrogen and oxygen atoms in total. The summed E-state index contributed by atoms with van der Waals surface area (Å²) in [4.78, 5) is 12.1. The van der Waals surface area contributed by atoms with Crippen molar-refractivity contribution in [1.82, 2.24) is 4.98 Å². The summed E-state index contributed by atoms with van der Waals surface area (Å²) < 4.78 is 54.8. The Labute approximate surface area is 228 Å². The molecular weight excluding hydrogens is 558 g/mol. The number of thiazole rings is 1. The van der Waals surface area contributed by atoms with Crippen molar-refractivity contribution in [3.8, 4) is 11.3 Å². The molecule has 0 spiro atoms. The maximum atomic E-state index is 11.3. The van der Waals surface area contributed by atoms with Crippen LogP contribution in [0.1, 0.15) is 15.4 Å². The van der Waals surface area contributed by atoms with Crippen molar-refractivity contribution in [3.63, 3.8) is 0 Å². The van der Waals surface area contributed by atoms with Crippen LogP contribution in [0.5, 0.6) is 0 Å². The van der Waals surface area contributed by atoms with Gasteiger partial charge in [-0.2, -0.15) is 16.8 Å². The minimum atomic E-state index is -3.58. The summed E-state index contributed by atoms with van der Waals surface area (Å²) in [6.45, 7) is 4.38. The van der Waals surface area contributed by atoms with E-state index in [1.165, 1.54) is 4.88 Å². The zero-order valence-corrected chi connectivity index (χ0v) is 24.2. The van der Waals surface area contributed by atoms with E-state index in [0.717, 1.165) is 45.7 Å². The lowest BCUT2D eigenvalue weighted by molar-refractivity contribution is 0.309. The third-order valence-electron chi connectivity index (χ3n) is 4.98. The van der Waals surface area contributed by atoms with Gasteiger partial charge in [-0.3, -0.25) is 13.4 Å². The first-order valence-corrected chi connectivity index (χ1v) is 15.5. The van der Waals surface area contributed by atoms with Gasteiger partial charge in [-0.1, -0.05) is 24.3 Å². The molecule has 3 rings (SSSR count). The fourth-order valence-corrected chi connectivity index (χ4v) is 4.98. The lowest BCUT2D eigenvalue weighted by Gasteiger charge is -2.24. The van der Waals surface area contributed by atoms with Gasteiger partial charge >= 0.3 is 0 Å². The van der Waals surface area contributed by atoms with Crippen LogP contribution in [0.4, 0.5) is 11.4 Å². The van der Waals surface area contributed by atoms with Crippen LogP contribution in [-0.4, -0.2) is 66.8 Å². The number of anilines is 1. The van der Waals surface area contributed by atoms with Gasteiger partial charge in [0.25, 0.3) is 20.2 Å². The summed E-state index contributed by atoms with van der Waals surface area (Å²) >= 11 is 1.68. The Kier molecular flexibility index (Phi) is 11.2. The van der Waals surface area contributed by atoms with E-state index in [2.05, 4.69) is 16.9 Å². The van der Waals surface area contributed by atoms with Crippen molar-refractivity contribution in [2.75, 3.05) is 43.7 Å². The molecule has 0 saturated carbocycles. The van der Waals surface area contributed by atoms with Gasteiger partial charge in [0.15, 0.2) is 0 Å². The van der Waals surface area contributed by atoms with Crippen molar-refractivity contribution in [2.24, 2.45) is 4.99 Å². The number of rotatable bonds is 12. The van der Waals surface area contributed by atoms with Crippen LogP contribution >= 0.6 is 23.7 Å². The number of aliphatic imine (C=N–C) groups is 1. The summed E-state index contributed by atoms with van der Waals surface area (Å²) in [6, 6.07) is 15.3. The Morgan fingerprint density at radius 3 is 1.89 bits per heavy atom. The van der Waals surface area contributed by atoms with Crippen LogP contribution in [0, 0.1) is 13.8 Å². The van der Waals surface area contributed by atoms with Crippen molar-refractivity contribution in [3.05, 3.63) is 64.0 Å². The summed E-state index contributed by atoms with van der Waals surface area (Å²) in [7, 11) is -7.16. The van der Waals surface area contributed by atoms with Crippen molar-refractivity contribution >= 4 is 61.6 Å². The van der Waals surface area contributed by atoms with Crippen LogP contribution in [0.15, 0.2) is 53.5 Å². The quantitative estimate of drug-likeness (QED) is 0.227.